The quantitative estimate of drug-likeness (QED) is 0.917. The Kier molecular flexibility index (Phi) is 4.29. The van der Waals surface area contributed by atoms with Gasteiger partial charge < -0.3 is 5.32 Å². The molecule has 2 atom stereocenters. The van der Waals surface area contributed by atoms with Crippen LogP contribution in [0, 0.1) is 20.8 Å². The number of rotatable bonds is 4. The summed E-state index contributed by atoms with van der Waals surface area (Å²) >= 11 is 0. The van der Waals surface area contributed by atoms with Crippen LogP contribution in [0.1, 0.15) is 53.9 Å². The van der Waals surface area contributed by atoms with Gasteiger partial charge >= 0.3 is 0 Å². The van der Waals surface area contributed by atoms with Gasteiger partial charge in [0.15, 0.2) is 0 Å². The van der Waals surface area contributed by atoms with E-state index in [-0.39, 0.29) is 0 Å². The Bertz CT molecular complexity index is 578. The maximum atomic E-state index is 4.32. The highest BCUT2D eigenvalue weighted by atomic mass is 15.3. The summed E-state index contributed by atoms with van der Waals surface area (Å²) in [6, 6.07) is 7.34. The molecular weight excluding hydrogens is 246 g/mol. The highest BCUT2D eigenvalue weighted by molar-refractivity contribution is 5.31. The van der Waals surface area contributed by atoms with E-state index in [2.05, 4.69) is 63.2 Å². The standard InChI is InChI=1S/C17H25N3/c1-11-7-12(2)9-16(8-11)13(3)19-14(4)17-10-18-20(6)15(17)5/h7-10,13-14,19H,1-6H3. The molecule has 1 heterocycles. The SMILES string of the molecule is Cc1cc(C)cc(C(C)NC(C)c2cnn(C)c2C)c1. The van der Waals surface area contributed by atoms with Gasteiger partial charge in [-0.1, -0.05) is 29.3 Å². The van der Waals surface area contributed by atoms with E-state index in [0.29, 0.717) is 12.1 Å². The lowest BCUT2D eigenvalue weighted by Crippen LogP contribution is -2.23. The highest BCUT2D eigenvalue weighted by Crippen LogP contribution is 2.22. The van der Waals surface area contributed by atoms with Crippen molar-refractivity contribution in [2.24, 2.45) is 7.05 Å². The Morgan fingerprint density at radius 2 is 1.60 bits per heavy atom. The van der Waals surface area contributed by atoms with Crippen molar-refractivity contribution in [2.75, 3.05) is 0 Å². The van der Waals surface area contributed by atoms with Gasteiger partial charge in [0, 0.05) is 30.4 Å². The Morgan fingerprint density at radius 3 is 2.10 bits per heavy atom. The summed E-state index contributed by atoms with van der Waals surface area (Å²) in [7, 11) is 1.99. The van der Waals surface area contributed by atoms with E-state index in [9.17, 15) is 0 Å². The zero-order valence-corrected chi connectivity index (χ0v) is 13.4. The van der Waals surface area contributed by atoms with E-state index < -0.39 is 0 Å². The third kappa shape index (κ3) is 3.10. The van der Waals surface area contributed by atoms with Gasteiger partial charge in [0.2, 0.25) is 0 Å². The Hall–Kier alpha value is -1.61. The van der Waals surface area contributed by atoms with Gasteiger partial charge in [0.1, 0.15) is 0 Å². The number of hydrogen-bond acceptors (Lipinski definition) is 2. The van der Waals surface area contributed by atoms with E-state index in [1.165, 1.54) is 27.9 Å². The number of hydrogen-bond donors (Lipinski definition) is 1. The molecule has 0 aliphatic rings. The first-order valence-electron chi connectivity index (χ1n) is 7.21. The summed E-state index contributed by atoms with van der Waals surface area (Å²) in [6.45, 7) is 10.8. The molecule has 2 aromatic rings. The van der Waals surface area contributed by atoms with Crippen LogP contribution in [0.2, 0.25) is 0 Å². The largest absolute Gasteiger partial charge is 0.304 e. The van der Waals surface area contributed by atoms with Gasteiger partial charge in [-0.25, -0.2) is 0 Å². The number of aromatic nitrogens is 2. The molecule has 108 valence electrons. The molecule has 0 saturated carbocycles. The lowest BCUT2D eigenvalue weighted by atomic mass is 10.0. The van der Waals surface area contributed by atoms with Crippen molar-refractivity contribution in [1.29, 1.82) is 0 Å². The van der Waals surface area contributed by atoms with Crippen LogP contribution < -0.4 is 5.32 Å². The first kappa shape index (κ1) is 14.8. The van der Waals surface area contributed by atoms with Gasteiger partial charge in [-0.05, 0) is 40.2 Å². The zero-order valence-electron chi connectivity index (χ0n) is 13.4. The lowest BCUT2D eigenvalue weighted by molar-refractivity contribution is 0.492. The van der Waals surface area contributed by atoms with Crippen molar-refractivity contribution >= 4 is 0 Å². The fourth-order valence-corrected chi connectivity index (χ4v) is 2.76. The van der Waals surface area contributed by atoms with Crippen LogP contribution in [0.25, 0.3) is 0 Å². The molecule has 2 rings (SSSR count). The van der Waals surface area contributed by atoms with E-state index in [4.69, 9.17) is 0 Å². The molecule has 3 heteroatoms. The summed E-state index contributed by atoms with van der Waals surface area (Å²) in [5.41, 5.74) is 6.47. The van der Waals surface area contributed by atoms with Crippen molar-refractivity contribution in [2.45, 2.75) is 46.7 Å². The number of aryl methyl sites for hydroxylation is 3. The van der Waals surface area contributed by atoms with Crippen LogP contribution in [0.5, 0.6) is 0 Å². The first-order valence-corrected chi connectivity index (χ1v) is 7.21. The molecule has 2 unspecified atom stereocenters. The molecule has 0 amide bonds. The smallest absolute Gasteiger partial charge is 0.0540 e. The van der Waals surface area contributed by atoms with Crippen LogP contribution in [-0.2, 0) is 7.05 Å². The minimum absolute atomic E-state index is 0.291. The van der Waals surface area contributed by atoms with Crippen molar-refractivity contribution in [3.63, 3.8) is 0 Å². The molecule has 1 N–H and O–H groups in total. The highest BCUT2D eigenvalue weighted by Gasteiger charge is 2.15. The monoisotopic (exact) mass is 271 g/mol. The Morgan fingerprint density at radius 1 is 1.00 bits per heavy atom. The van der Waals surface area contributed by atoms with E-state index in [1.807, 2.05) is 17.9 Å². The second kappa shape index (κ2) is 5.80. The zero-order chi connectivity index (χ0) is 14.9. The predicted molar refractivity (Wildman–Crippen MR) is 83.8 cm³/mol. The fourth-order valence-electron chi connectivity index (χ4n) is 2.76. The Labute approximate surface area is 122 Å². The van der Waals surface area contributed by atoms with Crippen LogP contribution in [0.4, 0.5) is 0 Å². The minimum Gasteiger partial charge on any atom is -0.304 e. The average molecular weight is 271 g/mol. The number of nitrogens with one attached hydrogen (secondary N) is 1. The van der Waals surface area contributed by atoms with Crippen molar-refractivity contribution < 1.29 is 0 Å². The maximum absolute atomic E-state index is 4.32. The van der Waals surface area contributed by atoms with Gasteiger partial charge in [0.25, 0.3) is 0 Å². The Balaban J connectivity index is 2.14. The molecule has 3 nitrogen and oxygen atoms in total. The molecule has 1 aromatic carbocycles. The van der Waals surface area contributed by atoms with Crippen molar-refractivity contribution in [1.82, 2.24) is 15.1 Å². The third-order valence-corrected chi connectivity index (χ3v) is 3.98. The van der Waals surface area contributed by atoms with Crippen LogP contribution in [-0.4, -0.2) is 9.78 Å². The van der Waals surface area contributed by atoms with Crippen LogP contribution in [0.3, 0.4) is 0 Å². The molecule has 0 saturated heterocycles. The molecular formula is C17H25N3. The number of benzene rings is 1. The third-order valence-electron chi connectivity index (χ3n) is 3.98. The van der Waals surface area contributed by atoms with Gasteiger partial charge in [-0.2, -0.15) is 5.10 Å². The fraction of sp³-hybridized carbons (Fsp3) is 0.471. The predicted octanol–water partition coefficient (Wildman–Crippen LogP) is 3.76. The summed E-state index contributed by atoms with van der Waals surface area (Å²) in [4.78, 5) is 0. The van der Waals surface area contributed by atoms with Gasteiger partial charge in [-0.15, -0.1) is 0 Å². The topological polar surface area (TPSA) is 29.9 Å². The molecule has 0 bridgehead atoms. The van der Waals surface area contributed by atoms with Gasteiger partial charge in [0.05, 0.1) is 6.20 Å². The van der Waals surface area contributed by atoms with Crippen LogP contribution in [0.15, 0.2) is 24.4 Å². The summed E-state index contributed by atoms with van der Waals surface area (Å²) in [5, 5.41) is 7.99. The minimum atomic E-state index is 0.291. The molecule has 0 aliphatic heterocycles. The molecule has 0 fully saturated rings. The summed E-state index contributed by atoms with van der Waals surface area (Å²) in [6.07, 6.45) is 1.96. The van der Waals surface area contributed by atoms with E-state index in [1.54, 1.807) is 0 Å². The summed E-state index contributed by atoms with van der Waals surface area (Å²) in [5.74, 6) is 0. The van der Waals surface area contributed by atoms with Crippen molar-refractivity contribution in [3.8, 4) is 0 Å². The molecule has 0 aliphatic carbocycles. The van der Waals surface area contributed by atoms with E-state index in [0.717, 1.165) is 0 Å². The lowest BCUT2D eigenvalue weighted by Gasteiger charge is -2.21. The second-order valence-corrected chi connectivity index (χ2v) is 5.84. The average Bonchev–Trinajstić information content (AvgIpc) is 2.68. The first-order chi connectivity index (χ1) is 9.38. The molecule has 20 heavy (non-hydrogen) atoms. The molecule has 0 radical (unpaired) electrons. The summed E-state index contributed by atoms with van der Waals surface area (Å²) < 4.78 is 1.93. The molecule has 0 spiro atoms. The molecule has 1 aromatic heterocycles. The number of nitrogens with zero attached hydrogens (tertiary/aromatic N) is 2. The maximum Gasteiger partial charge on any atom is 0.0540 e. The normalized spacial score (nSPS) is 14.3. The van der Waals surface area contributed by atoms with E-state index >= 15 is 0 Å². The van der Waals surface area contributed by atoms with Crippen molar-refractivity contribution in [3.05, 3.63) is 52.3 Å². The van der Waals surface area contributed by atoms with Gasteiger partial charge in [-0.3, -0.25) is 4.68 Å². The van der Waals surface area contributed by atoms with Crippen LogP contribution >= 0.6 is 0 Å². The second-order valence-electron chi connectivity index (χ2n) is 5.84.